The third kappa shape index (κ3) is 5.91. The Morgan fingerprint density at radius 1 is 0.333 bits per heavy atom. The minimum atomic E-state index is 0.612. The maximum absolute atomic E-state index is 5.10. The third-order valence-corrected chi connectivity index (χ3v) is 9.24. The van der Waals surface area contributed by atoms with E-state index in [9.17, 15) is 0 Å². The van der Waals surface area contributed by atoms with Crippen molar-refractivity contribution in [3.05, 3.63) is 176 Å². The van der Waals surface area contributed by atoms with E-state index >= 15 is 0 Å². The minimum Gasteiger partial charge on any atom is -0.237 e. The molecule has 0 aliphatic rings. The number of fused-ring (bicyclic) bond motifs is 3. The first kappa shape index (κ1) is 30.2. The number of hydrogen-bond acceptors (Lipinski definition) is 5. The lowest BCUT2D eigenvalue weighted by atomic mass is 9.90. The first-order valence-corrected chi connectivity index (χ1v) is 17.0. The van der Waals surface area contributed by atoms with Crippen molar-refractivity contribution in [2.45, 2.75) is 6.92 Å². The van der Waals surface area contributed by atoms with Gasteiger partial charge in [-0.1, -0.05) is 133 Å². The summed E-state index contributed by atoms with van der Waals surface area (Å²) in [5.41, 5.74) is 9.04. The minimum absolute atomic E-state index is 0.612. The van der Waals surface area contributed by atoms with Crippen molar-refractivity contribution in [1.82, 2.24) is 24.9 Å². The van der Waals surface area contributed by atoms with Crippen LogP contribution in [0, 0.1) is 6.92 Å². The van der Waals surface area contributed by atoms with Crippen LogP contribution < -0.4 is 0 Å². The fourth-order valence-electron chi connectivity index (χ4n) is 6.71. The van der Waals surface area contributed by atoms with Gasteiger partial charge in [0.05, 0.1) is 0 Å². The molecule has 2 heterocycles. The largest absolute Gasteiger partial charge is 0.237 e. The van der Waals surface area contributed by atoms with Gasteiger partial charge in [0.25, 0.3) is 0 Å². The molecule has 2 aromatic heterocycles. The molecule has 9 rings (SSSR count). The highest BCUT2D eigenvalue weighted by atomic mass is 15.0. The molecule has 0 aliphatic heterocycles. The zero-order valence-corrected chi connectivity index (χ0v) is 27.9. The predicted octanol–water partition coefficient (Wildman–Crippen LogP) is 11.3. The molecule has 0 bridgehead atoms. The van der Waals surface area contributed by atoms with Crippen molar-refractivity contribution in [2.24, 2.45) is 0 Å². The van der Waals surface area contributed by atoms with E-state index in [0.717, 1.165) is 50.2 Å². The maximum Gasteiger partial charge on any atom is 0.164 e. The normalized spacial score (nSPS) is 11.2. The van der Waals surface area contributed by atoms with E-state index < -0.39 is 0 Å². The van der Waals surface area contributed by atoms with Gasteiger partial charge >= 0.3 is 0 Å². The van der Waals surface area contributed by atoms with Gasteiger partial charge in [-0.05, 0) is 81.1 Å². The van der Waals surface area contributed by atoms with Crippen LogP contribution in [0.3, 0.4) is 0 Å². The quantitative estimate of drug-likeness (QED) is 0.167. The average Bonchev–Trinajstić information content (AvgIpc) is 3.21. The van der Waals surface area contributed by atoms with Crippen molar-refractivity contribution in [3.63, 3.8) is 0 Å². The summed E-state index contributed by atoms with van der Waals surface area (Å²) in [4.78, 5) is 24.3. The molecule has 0 aliphatic carbocycles. The van der Waals surface area contributed by atoms with Crippen LogP contribution in [0.5, 0.6) is 0 Å². The van der Waals surface area contributed by atoms with Gasteiger partial charge in [-0.3, -0.25) is 0 Å². The second-order valence-electron chi connectivity index (χ2n) is 12.6. The van der Waals surface area contributed by atoms with E-state index in [2.05, 4.69) is 107 Å². The molecule has 51 heavy (non-hydrogen) atoms. The lowest BCUT2D eigenvalue weighted by Crippen LogP contribution is -2.00. The van der Waals surface area contributed by atoms with Gasteiger partial charge < -0.3 is 0 Å². The lowest BCUT2D eigenvalue weighted by Gasteiger charge is -2.15. The molecular weight excluding hydrogens is 623 g/mol. The van der Waals surface area contributed by atoms with Crippen LogP contribution in [0.4, 0.5) is 0 Å². The van der Waals surface area contributed by atoms with Crippen molar-refractivity contribution in [2.75, 3.05) is 0 Å². The molecule has 0 N–H and O–H groups in total. The Bertz CT molecular complexity index is 2630. The van der Waals surface area contributed by atoms with Gasteiger partial charge in [0, 0.05) is 34.1 Å². The predicted molar refractivity (Wildman–Crippen MR) is 208 cm³/mol. The van der Waals surface area contributed by atoms with Crippen molar-refractivity contribution in [3.8, 4) is 67.8 Å². The molecule has 5 heteroatoms. The van der Waals surface area contributed by atoms with Crippen molar-refractivity contribution < 1.29 is 0 Å². The zero-order chi connectivity index (χ0) is 34.1. The second-order valence-corrected chi connectivity index (χ2v) is 12.6. The second kappa shape index (κ2) is 12.9. The number of hydrogen-bond donors (Lipinski definition) is 0. The highest BCUT2D eigenvalue weighted by Gasteiger charge is 2.17. The van der Waals surface area contributed by atoms with Crippen LogP contribution in [0.25, 0.3) is 89.4 Å². The molecule has 240 valence electrons. The Morgan fingerprint density at radius 3 is 1.51 bits per heavy atom. The van der Waals surface area contributed by atoms with Crippen LogP contribution in [0.2, 0.25) is 0 Å². The Hall–Kier alpha value is -6.85. The maximum atomic E-state index is 5.10. The smallest absolute Gasteiger partial charge is 0.164 e. The average molecular weight is 654 g/mol. The first-order valence-electron chi connectivity index (χ1n) is 17.0. The summed E-state index contributed by atoms with van der Waals surface area (Å²) >= 11 is 0. The van der Waals surface area contributed by atoms with Gasteiger partial charge in [-0.15, -0.1) is 0 Å². The van der Waals surface area contributed by atoms with Crippen LogP contribution in [0.1, 0.15) is 5.69 Å². The Balaban J connectivity index is 1.28. The van der Waals surface area contributed by atoms with E-state index in [-0.39, 0.29) is 0 Å². The molecular formula is C46H31N5. The SMILES string of the molecule is Cc1ccnc(-c2ccc(-c3cc(-c4nc(-c5ccccc5)nc(-c5ccccc5)n4)cc(-c4cc5ccccc5c5ccccc45)c3)cc2)n1. The first-order chi connectivity index (χ1) is 25.2. The highest BCUT2D eigenvalue weighted by Crippen LogP contribution is 2.39. The van der Waals surface area contributed by atoms with Crippen molar-refractivity contribution >= 4 is 21.5 Å². The van der Waals surface area contributed by atoms with Gasteiger partial charge in [0.15, 0.2) is 23.3 Å². The monoisotopic (exact) mass is 653 g/mol. The Kier molecular flexibility index (Phi) is 7.63. The number of aromatic nitrogens is 5. The van der Waals surface area contributed by atoms with Crippen LogP contribution in [-0.2, 0) is 0 Å². The highest BCUT2D eigenvalue weighted by molar-refractivity contribution is 6.14. The molecule has 7 aromatic carbocycles. The molecule has 0 atom stereocenters. The van der Waals surface area contributed by atoms with E-state index in [1.165, 1.54) is 21.5 Å². The summed E-state index contributed by atoms with van der Waals surface area (Å²) in [6, 6.07) is 56.8. The molecule has 0 saturated carbocycles. The molecule has 0 amide bonds. The Morgan fingerprint density at radius 2 is 0.843 bits per heavy atom. The number of rotatable bonds is 6. The Labute approximate surface area is 296 Å². The lowest BCUT2D eigenvalue weighted by molar-refractivity contribution is 1.07. The zero-order valence-electron chi connectivity index (χ0n) is 27.9. The molecule has 9 aromatic rings. The summed E-state index contributed by atoms with van der Waals surface area (Å²) in [6.45, 7) is 1.98. The van der Waals surface area contributed by atoms with Crippen molar-refractivity contribution in [1.29, 1.82) is 0 Å². The molecule has 0 spiro atoms. The summed E-state index contributed by atoms with van der Waals surface area (Å²) in [6.07, 6.45) is 1.80. The van der Waals surface area contributed by atoms with Crippen LogP contribution >= 0.6 is 0 Å². The molecule has 5 nitrogen and oxygen atoms in total. The van der Waals surface area contributed by atoms with E-state index in [0.29, 0.717) is 23.3 Å². The molecule has 0 unspecified atom stereocenters. The summed E-state index contributed by atoms with van der Waals surface area (Å²) in [5.74, 6) is 2.58. The van der Waals surface area contributed by atoms with Crippen LogP contribution in [0.15, 0.2) is 170 Å². The summed E-state index contributed by atoms with van der Waals surface area (Å²) in [7, 11) is 0. The van der Waals surface area contributed by atoms with Gasteiger partial charge in [0.2, 0.25) is 0 Å². The standard InChI is InChI=1S/C46H31N5/c1-30-24-25-47-43(48-30)34-22-20-31(21-23-34)36-26-37(42-29-35-16-8-9-17-39(35)40-18-10-11-19-41(40)42)28-38(27-36)46-50-44(32-12-4-2-5-13-32)49-45(51-46)33-14-6-3-7-15-33/h2-29H,1H3. The van der Waals surface area contributed by atoms with E-state index in [4.69, 9.17) is 15.0 Å². The van der Waals surface area contributed by atoms with E-state index in [1.54, 1.807) is 6.20 Å². The topological polar surface area (TPSA) is 64.5 Å². The third-order valence-electron chi connectivity index (χ3n) is 9.24. The fourth-order valence-corrected chi connectivity index (χ4v) is 6.71. The van der Waals surface area contributed by atoms with Gasteiger partial charge in [-0.2, -0.15) is 0 Å². The summed E-state index contributed by atoms with van der Waals surface area (Å²) in [5, 5.41) is 4.84. The van der Waals surface area contributed by atoms with Crippen LogP contribution in [-0.4, -0.2) is 24.9 Å². The van der Waals surface area contributed by atoms with Gasteiger partial charge in [0.1, 0.15) is 0 Å². The summed E-state index contributed by atoms with van der Waals surface area (Å²) < 4.78 is 0. The molecule has 0 radical (unpaired) electrons. The fraction of sp³-hybridized carbons (Fsp3) is 0.0217. The molecule has 0 saturated heterocycles. The number of aryl methyl sites for hydroxylation is 1. The molecule has 0 fully saturated rings. The number of nitrogens with zero attached hydrogens (tertiary/aromatic N) is 5. The number of benzene rings is 7. The van der Waals surface area contributed by atoms with E-state index in [1.807, 2.05) is 73.7 Å². The van der Waals surface area contributed by atoms with Gasteiger partial charge in [-0.25, -0.2) is 24.9 Å².